The summed E-state index contributed by atoms with van der Waals surface area (Å²) < 4.78 is 21.8. The van der Waals surface area contributed by atoms with Gasteiger partial charge in [0.05, 0.1) is 0 Å². The van der Waals surface area contributed by atoms with Crippen molar-refractivity contribution in [3.63, 3.8) is 0 Å². The molecule has 2 N–H and O–H groups in total. The van der Waals surface area contributed by atoms with Crippen molar-refractivity contribution in [3.05, 3.63) is 54.1 Å². The molecule has 0 aliphatic carbocycles. The summed E-state index contributed by atoms with van der Waals surface area (Å²) >= 11 is 0. The zero-order valence-corrected chi connectivity index (χ0v) is 14.4. The van der Waals surface area contributed by atoms with Gasteiger partial charge in [-0.2, -0.15) is 0 Å². The number of phenols is 1. The molecule has 0 bridgehead atoms. The molecule has 6 heteroatoms. The Morgan fingerprint density at radius 1 is 1.00 bits per heavy atom. The van der Waals surface area contributed by atoms with Crippen LogP contribution in [0.3, 0.4) is 0 Å². The zero-order chi connectivity index (χ0) is 18.0. The van der Waals surface area contributed by atoms with E-state index in [0.717, 1.165) is 22.9 Å². The van der Waals surface area contributed by atoms with E-state index < -0.39 is 20.6 Å². The van der Waals surface area contributed by atoms with Crippen LogP contribution in [-0.4, -0.2) is 35.6 Å². The van der Waals surface area contributed by atoms with E-state index in [1.807, 2.05) is 24.3 Å². The lowest BCUT2D eigenvalue weighted by molar-refractivity contribution is -0.139. The van der Waals surface area contributed by atoms with Gasteiger partial charge in [-0.25, -0.2) is 8.42 Å². The first kappa shape index (κ1) is 18.0. The minimum Gasteiger partial charge on any atom is -0.508 e. The van der Waals surface area contributed by atoms with Crippen molar-refractivity contribution in [3.8, 4) is 16.9 Å². The Morgan fingerprint density at radius 3 is 1.88 bits per heavy atom. The highest BCUT2D eigenvalue weighted by Gasteiger charge is 2.43. The monoisotopic (exact) mass is 348 g/mol. The number of carboxylic acids is 1. The molecule has 0 radical (unpaired) electrons. The molecule has 2 aromatic carbocycles. The fourth-order valence-corrected chi connectivity index (χ4v) is 3.14. The second-order valence-corrected chi connectivity index (χ2v) is 8.50. The summed E-state index contributed by atoms with van der Waals surface area (Å²) in [6.45, 7) is 1.25. The van der Waals surface area contributed by atoms with E-state index in [4.69, 9.17) is 0 Å². The van der Waals surface area contributed by atoms with Crippen LogP contribution >= 0.6 is 0 Å². The van der Waals surface area contributed by atoms with E-state index in [9.17, 15) is 23.4 Å². The Hall–Kier alpha value is -2.34. The zero-order valence-electron chi connectivity index (χ0n) is 13.6. The fourth-order valence-electron chi connectivity index (χ4n) is 2.35. The van der Waals surface area contributed by atoms with Crippen LogP contribution in [0, 0.1) is 0 Å². The van der Waals surface area contributed by atoms with Crippen molar-refractivity contribution in [1.82, 2.24) is 0 Å². The number of hydrogen-bond acceptors (Lipinski definition) is 4. The van der Waals surface area contributed by atoms with Crippen LogP contribution in [-0.2, 0) is 21.1 Å². The van der Waals surface area contributed by atoms with Gasteiger partial charge >= 0.3 is 5.97 Å². The number of carboxylic acid groups (broad SMARTS) is 1. The Bertz CT molecular complexity index is 823. The predicted octanol–water partition coefficient (Wildman–Crippen LogP) is 2.88. The molecule has 2 rings (SSSR count). The van der Waals surface area contributed by atoms with Gasteiger partial charge < -0.3 is 10.2 Å². The van der Waals surface area contributed by atoms with Gasteiger partial charge in [-0.3, -0.25) is 4.79 Å². The molecule has 0 aliphatic heterocycles. The number of carbonyl (C=O) groups is 1. The largest absolute Gasteiger partial charge is 0.508 e. The third-order valence-electron chi connectivity index (χ3n) is 4.32. The highest BCUT2D eigenvalue weighted by Crippen LogP contribution is 2.26. The average molecular weight is 348 g/mol. The topological polar surface area (TPSA) is 91.7 Å². The molecule has 0 saturated carbocycles. The predicted molar refractivity (Wildman–Crippen MR) is 92.7 cm³/mol. The van der Waals surface area contributed by atoms with Crippen molar-refractivity contribution in [2.45, 2.75) is 24.5 Å². The van der Waals surface area contributed by atoms with Gasteiger partial charge in [-0.15, -0.1) is 0 Å². The SMILES string of the molecule is C[C@@](CCc1ccc(-c2ccc(O)cc2)cc1)(C(=O)O)S(C)(=O)=O. The van der Waals surface area contributed by atoms with Crippen molar-refractivity contribution < 1.29 is 23.4 Å². The van der Waals surface area contributed by atoms with Crippen molar-refractivity contribution in [2.24, 2.45) is 0 Å². The molecule has 0 aliphatic rings. The molecule has 0 unspecified atom stereocenters. The smallest absolute Gasteiger partial charge is 0.324 e. The highest BCUT2D eigenvalue weighted by molar-refractivity contribution is 7.92. The number of aliphatic carboxylic acids is 1. The van der Waals surface area contributed by atoms with Crippen LogP contribution in [0.5, 0.6) is 5.75 Å². The average Bonchev–Trinajstić information content (AvgIpc) is 2.52. The molecule has 24 heavy (non-hydrogen) atoms. The van der Waals surface area contributed by atoms with Crippen LogP contribution in [0.25, 0.3) is 11.1 Å². The Labute approximate surface area is 141 Å². The van der Waals surface area contributed by atoms with Gasteiger partial charge in [0.15, 0.2) is 14.6 Å². The Kier molecular flexibility index (Phi) is 4.99. The Morgan fingerprint density at radius 2 is 1.46 bits per heavy atom. The first-order valence-corrected chi connectivity index (χ1v) is 9.34. The summed E-state index contributed by atoms with van der Waals surface area (Å²) in [5.41, 5.74) is 2.78. The first-order valence-electron chi connectivity index (χ1n) is 7.45. The van der Waals surface area contributed by atoms with E-state index in [-0.39, 0.29) is 12.2 Å². The van der Waals surface area contributed by atoms with Crippen molar-refractivity contribution in [1.29, 1.82) is 0 Å². The summed E-state index contributed by atoms with van der Waals surface area (Å²) in [4.78, 5) is 11.4. The van der Waals surface area contributed by atoms with Gasteiger partial charge in [0.25, 0.3) is 0 Å². The molecule has 128 valence electrons. The summed E-state index contributed by atoms with van der Waals surface area (Å²) in [6.07, 6.45) is 1.32. The molecule has 0 aromatic heterocycles. The molecule has 0 spiro atoms. The normalized spacial score (nSPS) is 14.1. The molecule has 0 fully saturated rings. The quantitative estimate of drug-likeness (QED) is 0.837. The summed E-state index contributed by atoms with van der Waals surface area (Å²) in [5.74, 6) is -1.13. The van der Waals surface area contributed by atoms with Gasteiger partial charge in [0.2, 0.25) is 0 Å². The standard InChI is InChI=1S/C18H20O5S/c1-18(17(20)21,24(2,22)23)12-11-13-3-5-14(6-4-13)15-7-9-16(19)10-8-15/h3-10,19H,11-12H2,1-2H3,(H,20,21)/t18-/m1/s1. The maximum atomic E-state index is 11.8. The number of rotatable bonds is 6. The second-order valence-electron chi connectivity index (χ2n) is 6.05. The van der Waals surface area contributed by atoms with Crippen LogP contribution < -0.4 is 0 Å². The Balaban J connectivity index is 2.14. The lowest BCUT2D eigenvalue weighted by Gasteiger charge is -2.22. The van der Waals surface area contributed by atoms with E-state index in [0.29, 0.717) is 6.42 Å². The maximum Gasteiger partial charge on any atom is 0.324 e. The molecule has 1 atom stereocenters. The van der Waals surface area contributed by atoms with E-state index in [1.54, 1.807) is 24.3 Å². The molecule has 0 amide bonds. The van der Waals surface area contributed by atoms with Gasteiger partial charge in [0.1, 0.15) is 5.75 Å². The molecule has 2 aromatic rings. The minimum atomic E-state index is -3.71. The van der Waals surface area contributed by atoms with Crippen LogP contribution in [0.15, 0.2) is 48.5 Å². The van der Waals surface area contributed by atoms with E-state index in [1.165, 1.54) is 6.92 Å². The molecule has 0 saturated heterocycles. The molecule has 5 nitrogen and oxygen atoms in total. The first-order chi connectivity index (χ1) is 11.1. The number of phenolic OH excluding ortho intramolecular Hbond substituents is 1. The maximum absolute atomic E-state index is 11.8. The third-order valence-corrected chi connectivity index (χ3v) is 6.33. The fraction of sp³-hybridized carbons (Fsp3) is 0.278. The van der Waals surface area contributed by atoms with Crippen LogP contribution in [0.1, 0.15) is 18.9 Å². The third kappa shape index (κ3) is 3.76. The summed E-state index contributed by atoms with van der Waals surface area (Å²) in [7, 11) is -3.71. The van der Waals surface area contributed by atoms with Crippen LogP contribution in [0.2, 0.25) is 0 Å². The van der Waals surface area contributed by atoms with Gasteiger partial charge in [0, 0.05) is 6.26 Å². The van der Waals surface area contributed by atoms with E-state index >= 15 is 0 Å². The van der Waals surface area contributed by atoms with E-state index in [2.05, 4.69) is 0 Å². The number of aromatic hydroxyl groups is 1. The minimum absolute atomic E-state index is 0.0136. The van der Waals surface area contributed by atoms with Crippen molar-refractivity contribution >= 4 is 15.8 Å². The second kappa shape index (κ2) is 6.65. The highest BCUT2D eigenvalue weighted by atomic mass is 32.2. The molecule has 0 heterocycles. The molecular formula is C18H20O5S. The summed E-state index contributed by atoms with van der Waals surface area (Å²) in [5, 5.41) is 18.6. The van der Waals surface area contributed by atoms with Gasteiger partial charge in [-0.05, 0) is 48.6 Å². The lowest BCUT2D eigenvalue weighted by atomic mass is 9.98. The number of aryl methyl sites for hydroxylation is 1. The number of hydrogen-bond donors (Lipinski definition) is 2. The molecular weight excluding hydrogens is 328 g/mol. The summed E-state index contributed by atoms with van der Waals surface area (Å²) in [6, 6.07) is 14.3. The number of benzene rings is 2. The number of sulfone groups is 1. The van der Waals surface area contributed by atoms with Crippen molar-refractivity contribution in [2.75, 3.05) is 6.26 Å². The van der Waals surface area contributed by atoms with Crippen LogP contribution in [0.4, 0.5) is 0 Å². The van der Waals surface area contributed by atoms with Gasteiger partial charge in [-0.1, -0.05) is 36.4 Å². The lowest BCUT2D eigenvalue weighted by Crippen LogP contribution is -2.43.